The summed E-state index contributed by atoms with van der Waals surface area (Å²) in [6, 6.07) is 4.20. The van der Waals surface area contributed by atoms with Crippen LogP contribution in [0.3, 0.4) is 0 Å². The number of rotatable bonds is 4. The third-order valence-corrected chi connectivity index (χ3v) is 2.09. The van der Waals surface area contributed by atoms with Crippen LogP contribution < -0.4 is 39.2 Å². The van der Waals surface area contributed by atoms with Crippen LogP contribution >= 0.6 is 7.82 Å². The Balaban J connectivity index is 0.00000225. The first-order chi connectivity index (χ1) is 6.92. The van der Waals surface area contributed by atoms with Crippen LogP contribution in [0, 0.1) is 0 Å². The average Bonchev–Trinajstić information content (AvgIpc) is 2.15. The molecule has 16 heavy (non-hydrogen) atoms. The maximum Gasteiger partial charge on any atom is 1.00 e. The molecule has 1 aromatic carbocycles. The van der Waals surface area contributed by atoms with E-state index in [2.05, 4.69) is 4.52 Å². The Morgan fingerprint density at radius 2 is 2.12 bits per heavy atom. The summed E-state index contributed by atoms with van der Waals surface area (Å²) < 4.78 is 19.3. The Labute approximate surface area is 115 Å². The van der Waals surface area contributed by atoms with E-state index >= 15 is 0 Å². The summed E-state index contributed by atoms with van der Waals surface area (Å²) in [4.78, 5) is 18.7. The summed E-state index contributed by atoms with van der Waals surface area (Å²) in [5.74, 6) is 0.144. The third-order valence-electron chi connectivity index (χ3n) is 1.64. The van der Waals surface area contributed by atoms with Gasteiger partial charge in [0.2, 0.25) is 0 Å². The van der Waals surface area contributed by atoms with Gasteiger partial charge in [0, 0.05) is 0 Å². The maximum absolute atomic E-state index is 10.3. The van der Waals surface area contributed by atoms with Crippen LogP contribution in [0.1, 0.15) is 5.56 Å². The second-order valence-electron chi connectivity index (χ2n) is 2.75. The van der Waals surface area contributed by atoms with Gasteiger partial charge >= 0.3 is 29.6 Å². The summed E-state index contributed by atoms with van der Waals surface area (Å²) in [5.41, 5.74) is 0.453. The summed E-state index contributed by atoms with van der Waals surface area (Å²) in [6.45, 7) is -0.312. The zero-order chi connectivity index (χ0) is 11.5. The van der Waals surface area contributed by atoms with Crippen LogP contribution in [0.2, 0.25) is 0 Å². The van der Waals surface area contributed by atoms with Crippen molar-refractivity contribution in [3.63, 3.8) is 0 Å². The Morgan fingerprint density at radius 3 is 2.62 bits per heavy atom. The van der Waals surface area contributed by atoms with Gasteiger partial charge in [-0.05, 0) is 17.7 Å². The topological polar surface area (TPSA) is 99.1 Å². The molecule has 0 saturated heterocycles. The van der Waals surface area contributed by atoms with Crippen molar-refractivity contribution < 1.29 is 58.3 Å². The summed E-state index contributed by atoms with van der Waals surface area (Å²) >= 11 is 0. The van der Waals surface area contributed by atoms with Crippen molar-refractivity contribution in [3.8, 4) is 11.5 Å². The van der Waals surface area contributed by atoms with Gasteiger partial charge in [-0.2, -0.15) is 0 Å². The molecule has 6 nitrogen and oxygen atoms in total. The molecule has 0 aliphatic heterocycles. The third kappa shape index (κ3) is 5.32. The van der Waals surface area contributed by atoms with Gasteiger partial charge in [0.05, 0.1) is 13.7 Å². The fourth-order valence-electron chi connectivity index (χ4n) is 0.968. The molecule has 0 aromatic heterocycles. The number of hydrogen-bond donors (Lipinski definition) is 2. The van der Waals surface area contributed by atoms with Gasteiger partial charge in [0.25, 0.3) is 7.82 Å². The van der Waals surface area contributed by atoms with Crippen molar-refractivity contribution in [1.29, 1.82) is 0 Å². The average molecular weight is 256 g/mol. The van der Waals surface area contributed by atoms with E-state index in [1.807, 2.05) is 0 Å². The monoisotopic (exact) mass is 256 g/mol. The van der Waals surface area contributed by atoms with E-state index in [0.29, 0.717) is 5.56 Å². The minimum Gasteiger partial charge on any atom is -0.756 e. The number of phenols is 1. The molecule has 2 N–H and O–H groups in total. The molecule has 1 atom stereocenters. The van der Waals surface area contributed by atoms with Crippen molar-refractivity contribution >= 4 is 7.82 Å². The molecule has 1 unspecified atom stereocenters. The largest absolute Gasteiger partial charge is 1.00 e. The number of hydrogen-bond acceptors (Lipinski definition) is 5. The fourth-order valence-corrected chi connectivity index (χ4v) is 1.28. The molecule has 1 aromatic rings. The van der Waals surface area contributed by atoms with Crippen molar-refractivity contribution in [2.24, 2.45) is 0 Å². The van der Waals surface area contributed by atoms with E-state index in [1.165, 1.54) is 25.3 Å². The standard InChI is InChI=1S/C8H11O6P.Na/c1-13-8-4-6(2-3-7(8)9)5-14-15(10,11)12;/h2-4,9H,5H2,1H3,(H2,10,11,12);/q;+1/p-1. The Hall–Kier alpha value is -0.0700. The predicted octanol–water partition coefficient (Wildman–Crippen LogP) is -2.62. The van der Waals surface area contributed by atoms with Gasteiger partial charge in [-0.3, -0.25) is 4.57 Å². The SMILES string of the molecule is COc1cc(COP(=O)([O-])O)ccc1O.[Na+]. The summed E-state index contributed by atoms with van der Waals surface area (Å²) in [5, 5.41) is 9.23. The van der Waals surface area contributed by atoms with Crippen LogP contribution in [0.25, 0.3) is 0 Å². The van der Waals surface area contributed by atoms with E-state index in [1.54, 1.807) is 0 Å². The molecule has 0 bridgehead atoms. The molecule has 0 fully saturated rings. The van der Waals surface area contributed by atoms with Crippen molar-refractivity contribution in [1.82, 2.24) is 0 Å². The molecule has 0 spiro atoms. The van der Waals surface area contributed by atoms with Gasteiger partial charge in [-0.25, -0.2) is 0 Å². The first kappa shape index (κ1) is 15.9. The number of phenolic OH excluding ortho intramolecular Hbond substituents is 1. The maximum atomic E-state index is 10.3. The van der Waals surface area contributed by atoms with E-state index in [0.717, 1.165) is 0 Å². The van der Waals surface area contributed by atoms with Crippen LogP contribution in [0.15, 0.2) is 18.2 Å². The number of phosphoric ester groups is 1. The van der Waals surface area contributed by atoms with Crippen LogP contribution in [0.4, 0.5) is 0 Å². The predicted molar refractivity (Wildman–Crippen MR) is 49.3 cm³/mol. The van der Waals surface area contributed by atoms with Gasteiger partial charge in [0.15, 0.2) is 11.5 Å². The Bertz CT molecular complexity index is 390. The quantitative estimate of drug-likeness (QED) is 0.452. The van der Waals surface area contributed by atoms with Crippen molar-refractivity contribution in [2.75, 3.05) is 7.11 Å². The van der Waals surface area contributed by atoms with Crippen molar-refractivity contribution in [2.45, 2.75) is 6.61 Å². The van der Waals surface area contributed by atoms with Crippen LogP contribution in [0.5, 0.6) is 11.5 Å². The molecule has 0 radical (unpaired) electrons. The second kappa shape index (κ2) is 6.61. The number of phosphoric acid groups is 1. The fraction of sp³-hybridized carbons (Fsp3) is 0.250. The molecular formula is C8H10NaO6P. The van der Waals surface area contributed by atoms with Crippen LogP contribution in [-0.2, 0) is 15.7 Å². The summed E-state index contributed by atoms with van der Waals surface area (Å²) in [7, 11) is -3.35. The van der Waals surface area contributed by atoms with E-state index in [4.69, 9.17) is 9.63 Å². The zero-order valence-corrected chi connectivity index (χ0v) is 11.8. The molecule has 0 heterocycles. The second-order valence-corrected chi connectivity index (χ2v) is 3.94. The molecule has 0 saturated carbocycles. The van der Waals surface area contributed by atoms with Gasteiger partial charge < -0.3 is 24.2 Å². The molecular weight excluding hydrogens is 246 g/mol. The molecule has 1 rings (SSSR count). The first-order valence-corrected chi connectivity index (χ1v) is 5.46. The molecule has 0 aliphatic carbocycles. The Kier molecular flexibility index (Phi) is 6.58. The minimum absolute atomic E-state index is 0. The van der Waals surface area contributed by atoms with E-state index in [-0.39, 0.29) is 47.7 Å². The normalized spacial score (nSPS) is 13.7. The smallest absolute Gasteiger partial charge is 0.756 e. The van der Waals surface area contributed by atoms with Gasteiger partial charge in [-0.15, -0.1) is 0 Å². The number of methoxy groups -OCH3 is 1. The number of benzene rings is 1. The molecule has 0 aliphatic rings. The van der Waals surface area contributed by atoms with Crippen LogP contribution in [-0.4, -0.2) is 17.1 Å². The van der Waals surface area contributed by atoms with E-state index in [9.17, 15) is 14.6 Å². The zero-order valence-electron chi connectivity index (χ0n) is 8.91. The summed E-state index contributed by atoms with van der Waals surface area (Å²) in [6.07, 6.45) is 0. The van der Waals surface area contributed by atoms with Crippen molar-refractivity contribution in [3.05, 3.63) is 23.8 Å². The molecule has 84 valence electrons. The van der Waals surface area contributed by atoms with Gasteiger partial charge in [-0.1, -0.05) is 6.07 Å². The number of aromatic hydroxyl groups is 1. The molecule has 8 heteroatoms. The van der Waals surface area contributed by atoms with Gasteiger partial charge in [0.1, 0.15) is 0 Å². The molecule has 0 amide bonds. The van der Waals surface area contributed by atoms with E-state index < -0.39 is 7.82 Å². The first-order valence-electron chi connectivity index (χ1n) is 3.96. The minimum atomic E-state index is -4.72. The number of ether oxygens (including phenoxy) is 1. The Morgan fingerprint density at radius 1 is 1.50 bits per heavy atom.